The van der Waals surface area contributed by atoms with Gasteiger partial charge in [0.25, 0.3) is 0 Å². The highest BCUT2D eigenvalue weighted by Gasteiger charge is 2.39. The number of hydrogen-bond acceptors (Lipinski definition) is 3. The van der Waals surface area contributed by atoms with E-state index < -0.39 is 8.80 Å². The summed E-state index contributed by atoms with van der Waals surface area (Å²) in [6.45, 7) is 8.10. The summed E-state index contributed by atoms with van der Waals surface area (Å²) in [6.07, 6.45) is 10.5. The highest BCUT2D eigenvalue weighted by atomic mass is 79.9. The molecule has 21 heavy (non-hydrogen) atoms. The molecule has 0 aromatic heterocycles. The molecule has 0 saturated heterocycles. The molecule has 0 atom stereocenters. The SMILES string of the molecule is CCO[Si](CCCCCCCCCCBr)(OCC)OCC. The minimum absolute atomic E-state index is 0.680. The van der Waals surface area contributed by atoms with Gasteiger partial charge in [-0.2, -0.15) is 0 Å². The van der Waals surface area contributed by atoms with Crippen molar-refractivity contribution in [3.05, 3.63) is 0 Å². The van der Waals surface area contributed by atoms with Crippen LogP contribution in [0.5, 0.6) is 0 Å². The van der Waals surface area contributed by atoms with Crippen LogP contribution in [0.3, 0.4) is 0 Å². The predicted octanol–water partition coefficient (Wildman–Crippen LogP) is 5.55. The molecule has 0 aromatic carbocycles. The van der Waals surface area contributed by atoms with Gasteiger partial charge >= 0.3 is 8.80 Å². The summed E-state index contributed by atoms with van der Waals surface area (Å²) in [6, 6.07) is 0.964. The van der Waals surface area contributed by atoms with Crippen molar-refractivity contribution in [2.75, 3.05) is 25.2 Å². The summed E-state index contributed by atoms with van der Waals surface area (Å²) in [7, 11) is -2.39. The third-order valence-electron chi connectivity index (χ3n) is 3.46. The fourth-order valence-corrected chi connectivity index (χ4v) is 5.58. The van der Waals surface area contributed by atoms with Gasteiger partial charge in [-0.15, -0.1) is 0 Å². The zero-order chi connectivity index (χ0) is 15.8. The van der Waals surface area contributed by atoms with E-state index in [1.807, 2.05) is 20.8 Å². The lowest BCUT2D eigenvalue weighted by molar-refractivity contribution is 0.0706. The Bertz CT molecular complexity index is 201. The number of unbranched alkanes of at least 4 members (excludes halogenated alkanes) is 7. The summed E-state index contributed by atoms with van der Waals surface area (Å²) in [5.74, 6) is 0. The molecular weight excluding hydrogens is 348 g/mol. The van der Waals surface area contributed by atoms with Crippen molar-refractivity contribution in [3.63, 3.8) is 0 Å². The first-order chi connectivity index (χ1) is 10.2. The quantitative estimate of drug-likeness (QED) is 0.199. The van der Waals surface area contributed by atoms with Crippen LogP contribution in [0.4, 0.5) is 0 Å². The first-order valence-corrected chi connectivity index (χ1v) is 11.8. The van der Waals surface area contributed by atoms with E-state index >= 15 is 0 Å². The lowest BCUT2D eigenvalue weighted by Crippen LogP contribution is -2.45. The fraction of sp³-hybridized carbons (Fsp3) is 1.00. The van der Waals surface area contributed by atoms with Gasteiger partial charge in [0.2, 0.25) is 0 Å². The molecule has 0 rings (SSSR count). The Labute approximate surface area is 141 Å². The fourth-order valence-electron chi connectivity index (χ4n) is 2.50. The Morgan fingerprint density at radius 1 is 0.619 bits per heavy atom. The maximum absolute atomic E-state index is 5.87. The monoisotopic (exact) mass is 382 g/mol. The van der Waals surface area contributed by atoms with Crippen LogP contribution in [0.1, 0.15) is 72.1 Å². The van der Waals surface area contributed by atoms with Crippen molar-refractivity contribution in [2.45, 2.75) is 78.2 Å². The van der Waals surface area contributed by atoms with Crippen LogP contribution in [0.15, 0.2) is 0 Å². The topological polar surface area (TPSA) is 27.7 Å². The molecule has 3 nitrogen and oxygen atoms in total. The molecule has 0 spiro atoms. The minimum Gasteiger partial charge on any atom is -0.374 e. The van der Waals surface area contributed by atoms with Gasteiger partial charge in [0, 0.05) is 31.2 Å². The molecule has 0 aliphatic rings. The van der Waals surface area contributed by atoms with E-state index in [2.05, 4.69) is 15.9 Å². The third kappa shape index (κ3) is 11.8. The van der Waals surface area contributed by atoms with Crippen LogP contribution in [-0.4, -0.2) is 34.0 Å². The Kier molecular flexibility index (Phi) is 15.9. The van der Waals surface area contributed by atoms with Crippen LogP contribution in [0, 0.1) is 0 Å². The first-order valence-electron chi connectivity index (χ1n) is 8.72. The standard InChI is InChI=1S/C16H35BrO3Si/c1-4-18-21(19-5-2,20-6-3)16-14-12-10-8-7-9-11-13-15-17/h4-16H2,1-3H3. The molecule has 0 bridgehead atoms. The molecular formula is C16H35BrO3Si. The van der Waals surface area contributed by atoms with Crippen molar-refractivity contribution in [2.24, 2.45) is 0 Å². The summed E-state index contributed by atoms with van der Waals surface area (Å²) in [4.78, 5) is 0. The summed E-state index contributed by atoms with van der Waals surface area (Å²) >= 11 is 3.48. The minimum atomic E-state index is -2.39. The van der Waals surface area contributed by atoms with Crippen molar-refractivity contribution < 1.29 is 13.3 Å². The molecule has 5 heteroatoms. The smallest absolute Gasteiger partial charge is 0.374 e. The average molecular weight is 383 g/mol. The number of hydrogen-bond donors (Lipinski definition) is 0. The predicted molar refractivity (Wildman–Crippen MR) is 96.2 cm³/mol. The molecule has 0 aliphatic heterocycles. The van der Waals surface area contributed by atoms with Crippen LogP contribution in [-0.2, 0) is 13.3 Å². The Morgan fingerprint density at radius 2 is 1.00 bits per heavy atom. The maximum Gasteiger partial charge on any atom is 0.500 e. The molecule has 0 aliphatic carbocycles. The lowest BCUT2D eigenvalue weighted by atomic mass is 10.1. The van der Waals surface area contributed by atoms with Gasteiger partial charge in [-0.3, -0.25) is 0 Å². The van der Waals surface area contributed by atoms with E-state index in [0.717, 1.165) is 17.8 Å². The normalized spacial score (nSPS) is 12.0. The molecule has 0 unspecified atom stereocenters. The van der Waals surface area contributed by atoms with Gasteiger partial charge in [0.05, 0.1) is 0 Å². The number of alkyl halides is 1. The molecule has 0 saturated carbocycles. The molecule has 0 radical (unpaired) electrons. The molecule has 0 amide bonds. The van der Waals surface area contributed by atoms with Crippen LogP contribution in [0.25, 0.3) is 0 Å². The van der Waals surface area contributed by atoms with Gasteiger partial charge in [-0.05, 0) is 33.6 Å². The van der Waals surface area contributed by atoms with Crippen LogP contribution in [0.2, 0.25) is 6.04 Å². The Morgan fingerprint density at radius 3 is 1.38 bits per heavy atom. The molecule has 0 heterocycles. The Balaban J connectivity index is 3.76. The zero-order valence-electron chi connectivity index (χ0n) is 14.3. The van der Waals surface area contributed by atoms with Gasteiger partial charge in [0.1, 0.15) is 0 Å². The van der Waals surface area contributed by atoms with Gasteiger partial charge in [0.15, 0.2) is 0 Å². The van der Waals surface area contributed by atoms with Crippen molar-refractivity contribution in [1.29, 1.82) is 0 Å². The maximum atomic E-state index is 5.87. The zero-order valence-corrected chi connectivity index (χ0v) is 16.9. The second kappa shape index (κ2) is 15.5. The van der Waals surface area contributed by atoms with Crippen molar-refractivity contribution in [3.8, 4) is 0 Å². The molecule has 0 fully saturated rings. The van der Waals surface area contributed by atoms with Crippen LogP contribution < -0.4 is 0 Å². The summed E-state index contributed by atoms with van der Waals surface area (Å²) < 4.78 is 17.6. The van der Waals surface area contributed by atoms with Crippen LogP contribution >= 0.6 is 15.9 Å². The average Bonchev–Trinajstić information content (AvgIpc) is 2.46. The second-order valence-electron chi connectivity index (χ2n) is 5.25. The molecule has 128 valence electrons. The van der Waals surface area contributed by atoms with E-state index in [0.29, 0.717) is 19.8 Å². The van der Waals surface area contributed by atoms with Gasteiger partial charge < -0.3 is 13.3 Å². The second-order valence-corrected chi connectivity index (χ2v) is 8.77. The van der Waals surface area contributed by atoms with Gasteiger partial charge in [-0.25, -0.2) is 0 Å². The highest BCUT2D eigenvalue weighted by Crippen LogP contribution is 2.20. The summed E-state index contributed by atoms with van der Waals surface area (Å²) in [5.41, 5.74) is 0. The van der Waals surface area contributed by atoms with E-state index in [9.17, 15) is 0 Å². The third-order valence-corrected chi connectivity index (χ3v) is 7.17. The highest BCUT2D eigenvalue weighted by molar-refractivity contribution is 9.09. The molecule has 0 aromatic rings. The van der Waals surface area contributed by atoms with Gasteiger partial charge in [-0.1, -0.05) is 54.5 Å². The van der Waals surface area contributed by atoms with E-state index in [1.165, 1.54) is 44.9 Å². The Hall–Kier alpha value is 0.577. The number of halogens is 1. The first kappa shape index (κ1) is 21.6. The van der Waals surface area contributed by atoms with Crippen molar-refractivity contribution >= 4 is 24.7 Å². The number of rotatable bonds is 16. The largest absolute Gasteiger partial charge is 0.500 e. The van der Waals surface area contributed by atoms with E-state index in [-0.39, 0.29) is 0 Å². The molecule has 0 N–H and O–H groups in total. The van der Waals surface area contributed by atoms with E-state index in [4.69, 9.17) is 13.3 Å². The summed E-state index contributed by atoms with van der Waals surface area (Å²) in [5, 5.41) is 1.14. The van der Waals surface area contributed by atoms with E-state index in [1.54, 1.807) is 0 Å². The lowest BCUT2D eigenvalue weighted by Gasteiger charge is -2.28. The van der Waals surface area contributed by atoms with Crippen molar-refractivity contribution in [1.82, 2.24) is 0 Å².